The molecule has 1 atom stereocenters. The fourth-order valence-electron chi connectivity index (χ4n) is 4.65. The van der Waals surface area contributed by atoms with Crippen molar-refractivity contribution in [3.05, 3.63) is 64.2 Å². The van der Waals surface area contributed by atoms with E-state index in [2.05, 4.69) is 27.8 Å². The topological polar surface area (TPSA) is 49.4 Å². The lowest BCUT2D eigenvalue weighted by atomic mass is 9.89. The molecule has 1 saturated heterocycles. The summed E-state index contributed by atoms with van der Waals surface area (Å²) in [7, 11) is -3.24. The van der Waals surface area contributed by atoms with Crippen LogP contribution in [0.3, 0.4) is 0 Å². The first-order valence-corrected chi connectivity index (χ1v) is 12.2. The summed E-state index contributed by atoms with van der Waals surface area (Å²) in [5.74, 6) is 1.11. The minimum atomic E-state index is -3.24. The fraction of sp³-hybridized carbons (Fsp3) is 0.455. The Balaban J connectivity index is 1.38. The number of piperidine rings is 1. The van der Waals surface area contributed by atoms with E-state index in [1.165, 1.54) is 35.8 Å². The van der Waals surface area contributed by atoms with Crippen molar-refractivity contribution in [3.63, 3.8) is 0 Å². The lowest BCUT2D eigenvalue weighted by Crippen LogP contribution is -2.35. The van der Waals surface area contributed by atoms with E-state index in [-0.39, 0.29) is 0 Å². The number of fused-ring (bicyclic) bond motifs is 1. The Kier molecular flexibility index (Phi) is 5.68. The molecule has 2 aliphatic rings. The molecule has 28 heavy (non-hydrogen) atoms. The second-order valence-electron chi connectivity index (χ2n) is 8.15. The van der Waals surface area contributed by atoms with Gasteiger partial charge in [0.15, 0.2) is 0 Å². The predicted octanol–water partition coefficient (Wildman–Crippen LogP) is 4.62. The van der Waals surface area contributed by atoms with Crippen LogP contribution >= 0.6 is 11.6 Å². The third-order valence-electron chi connectivity index (χ3n) is 6.06. The van der Waals surface area contributed by atoms with E-state index in [1.807, 2.05) is 24.3 Å². The maximum absolute atomic E-state index is 11.5. The monoisotopic (exact) mass is 418 g/mol. The van der Waals surface area contributed by atoms with Crippen LogP contribution in [0.1, 0.15) is 47.8 Å². The van der Waals surface area contributed by atoms with Gasteiger partial charge in [0.05, 0.1) is 6.26 Å². The van der Waals surface area contributed by atoms with Gasteiger partial charge in [-0.25, -0.2) is 8.42 Å². The van der Waals surface area contributed by atoms with Crippen LogP contribution in [0, 0.1) is 0 Å². The first-order valence-electron chi connectivity index (χ1n) is 9.96. The third-order valence-corrected chi connectivity index (χ3v) is 6.92. The molecule has 1 fully saturated rings. The Labute approximate surface area is 172 Å². The van der Waals surface area contributed by atoms with Crippen LogP contribution in [0.5, 0.6) is 0 Å². The zero-order valence-corrected chi connectivity index (χ0v) is 17.8. The van der Waals surface area contributed by atoms with Gasteiger partial charge in [-0.3, -0.25) is 4.72 Å². The summed E-state index contributed by atoms with van der Waals surface area (Å²) in [5.41, 5.74) is 4.75. The van der Waals surface area contributed by atoms with E-state index in [0.29, 0.717) is 17.5 Å². The molecule has 0 bridgehead atoms. The molecule has 0 amide bonds. The number of aryl methyl sites for hydroxylation is 1. The van der Waals surface area contributed by atoms with Gasteiger partial charge in [0, 0.05) is 17.3 Å². The minimum absolute atomic E-state index is 0.489. The summed E-state index contributed by atoms with van der Waals surface area (Å²) >= 11 is 6.01. The highest BCUT2D eigenvalue weighted by Gasteiger charge is 2.27. The zero-order valence-electron chi connectivity index (χ0n) is 16.2. The molecule has 2 aromatic rings. The summed E-state index contributed by atoms with van der Waals surface area (Å²) in [6.45, 7) is 3.28. The molecule has 0 radical (unpaired) electrons. The number of benzene rings is 2. The van der Waals surface area contributed by atoms with Crippen molar-refractivity contribution in [1.29, 1.82) is 0 Å². The molecule has 4 rings (SSSR count). The van der Waals surface area contributed by atoms with Crippen LogP contribution in [-0.4, -0.2) is 39.2 Å². The van der Waals surface area contributed by atoms with Crippen LogP contribution < -0.4 is 4.72 Å². The molecule has 0 aromatic heterocycles. The number of nitrogens with one attached hydrogen (secondary N) is 1. The highest BCUT2D eigenvalue weighted by molar-refractivity contribution is 7.92. The van der Waals surface area contributed by atoms with Gasteiger partial charge in [-0.15, -0.1) is 0 Å². The van der Waals surface area contributed by atoms with Crippen LogP contribution in [0.25, 0.3) is 0 Å². The summed E-state index contributed by atoms with van der Waals surface area (Å²) in [6, 6.07) is 14.3. The summed E-state index contributed by atoms with van der Waals surface area (Å²) in [4.78, 5) is 2.57. The number of halogens is 1. The number of rotatable bonds is 5. The molecular formula is C22H27ClN2O2S. The van der Waals surface area contributed by atoms with E-state index in [9.17, 15) is 8.42 Å². The van der Waals surface area contributed by atoms with E-state index < -0.39 is 10.0 Å². The molecule has 2 aromatic carbocycles. The number of nitrogens with zero attached hydrogens (tertiary/aromatic N) is 1. The Morgan fingerprint density at radius 3 is 2.46 bits per heavy atom. The normalized spacial score (nSPS) is 20.9. The van der Waals surface area contributed by atoms with Crippen molar-refractivity contribution >= 4 is 27.3 Å². The molecular weight excluding hydrogens is 392 g/mol. The minimum Gasteiger partial charge on any atom is -0.303 e. The van der Waals surface area contributed by atoms with Crippen LogP contribution in [0.15, 0.2) is 42.5 Å². The maximum atomic E-state index is 11.5. The highest BCUT2D eigenvalue weighted by Crippen LogP contribution is 2.37. The van der Waals surface area contributed by atoms with Gasteiger partial charge in [-0.05, 0) is 91.6 Å². The first-order chi connectivity index (χ1) is 13.4. The molecule has 150 valence electrons. The summed E-state index contributed by atoms with van der Waals surface area (Å²) in [6.07, 6.45) is 5.78. The van der Waals surface area contributed by atoms with Gasteiger partial charge in [0.2, 0.25) is 10.0 Å². The summed E-state index contributed by atoms with van der Waals surface area (Å²) in [5, 5.41) is 0.797. The Morgan fingerprint density at radius 2 is 1.79 bits per heavy atom. The number of sulfonamides is 1. The zero-order chi connectivity index (χ0) is 19.7. The van der Waals surface area contributed by atoms with E-state index >= 15 is 0 Å². The van der Waals surface area contributed by atoms with Crippen LogP contribution in [-0.2, 0) is 16.4 Å². The number of anilines is 1. The predicted molar refractivity (Wildman–Crippen MR) is 116 cm³/mol. The van der Waals surface area contributed by atoms with Crippen molar-refractivity contribution in [2.45, 2.75) is 37.5 Å². The van der Waals surface area contributed by atoms with Gasteiger partial charge in [-0.2, -0.15) is 0 Å². The second-order valence-corrected chi connectivity index (χ2v) is 10.3. The van der Waals surface area contributed by atoms with Crippen molar-refractivity contribution < 1.29 is 8.42 Å². The van der Waals surface area contributed by atoms with Crippen molar-refractivity contribution in [2.24, 2.45) is 0 Å². The average Bonchev–Trinajstić information content (AvgIpc) is 3.04. The van der Waals surface area contributed by atoms with Crippen molar-refractivity contribution in [2.75, 3.05) is 30.6 Å². The van der Waals surface area contributed by atoms with Gasteiger partial charge >= 0.3 is 0 Å². The molecule has 6 heteroatoms. The summed E-state index contributed by atoms with van der Waals surface area (Å²) < 4.78 is 25.7. The lowest BCUT2D eigenvalue weighted by Gasteiger charge is -2.34. The number of likely N-dealkylation sites (tertiary alicyclic amines) is 1. The second kappa shape index (κ2) is 8.05. The first kappa shape index (κ1) is 19.7. The quantitative estimate of drug-likeness (QED) is 0.770. The standard InChI is InChI=1S/C22H27ClN2O2S/c1-28(26,27)24-21-9-6-18-2-3-19(22(18)14-21)15-25-12-10-17(11-13-25)16-4-7-20(23)8-5-16/h4-9,14,17,19,24H,2-3,10-13,15H2,1H3. The molecule has 0 saturated carbocycles. The van der Waals surface area contributed by atoms with Crippen molar-refractivity contribution in [1.82, 2.24) is 4.90 Å². The van der Waals surface area contributed by atoms with Gasteiger partial charge in [0.25, 0.3) is 0 Å². The van der Waals surface area contributed by atoms with Gasteiger partial charge in [-0.1, -0.05) is 29.8 Å². The average molecular weight is 419 g/mol. The van der Waals surface area contributed by atoms with E-state index in [4.69, 9.17) is 11.6 Å². The molecule has 4 nitrogen and oxygen atoms in total. The molecule has 1 unspecified atom stereocenters. The van der Waals surface area contributed by atoms with Gasteiger partial charge in [0.1, 0.15) is 0 Å². The molecule has 1 aliphatic carbocycles. The molecule has 1 N–H and O–H groups in total. The molecule has 0 spiro atoms. The van der Waals surface area contributed by atoms with Gasteiger partial charge < -0.3 is 4.90 Å². The van der Waals surface area contributed by atoms with E-state index in [0.717, 1.165) is 37.5 Å². The van der Waals surface area contributed by atoms with E-state index in [1.54, 1.807) is 0 Å². The maximum Gasteiger partial charge on any atom is 0.229 e. The Hall–Kier alpha value is -1.56. The third kappa shape index (κ3) is 4.70. The Bertz CT molecular complexity index is 936. The molecule has 1 aliphatic heterocycles. The lowest BCUT2D eigenvalue weighted by molar-refractivity contribution is 0.200. The fourth-order valence-corrected chi connectivity index (χ4v) is 5.33. The largest absolute Gasteiger partial charge is 0.303 e. The smallest absolute Gasteiger partial charge is 0.229 e. The van der Waals surface area contributed by atoms with Crippen LogP contribution in [0.4, 0.5) is 5.69 Å². The van der Waals surface area contributed by atoms with Crippen molar-refractivity contribution in [3.8, 4) is 0 Å². The number of hydrogen-bond acceptors (Lipinski definition) is 3. The molecule has 1 heterocycles. The Morgan fingerprint density at radius 1 is 1.07 bits per heavy atom. The number of hydrogen-bond donors (Lipinski definition) is 1. The van der Waals surface area contributed by atoms with Crippen LogP contribution in [0.2, 0.25) is 5.02 Å². The SMILES string of the molecule is CS(=O)(=O)Nc1ccc2c(c1)C(CN1CCC(c3ccc(Cl)cc3)CC1)CC2. The highest BCUT2D eigenvalue weighted by atomic mass is 35.5.